The van der Waals surface area contributed by atoms with Crippen LogP contribution in [-0.4, -0.2) is 36.8 Å². The van der Waals surface area contributed by atoms with Gasteiger partial charge >= 0.3 is 12.1 Å². The van der Waals surface area contributed by atoms with Crippen molar-refractivity contribution in [2.45, 2.75) is 37.6 Å². The van der Waals surface area contributed by atoms with Crippen LogP contribution >= 0.6 is 0 Å². The monoisotopic (exact) mass is 489 g/mol. The van der Waals surface area contributed by atoms with Crippen LogP contribution in [0.3, 0.4) is 0 Å². The van der Waals surface area contributed by atoms with Gasteiger partial charge in [0.15, 0.2) is 23.4 Å². The first-order valence-electron chi connectivity index (χ1n) is 9.83. The minimum Gasteiger partial charge on any atom is -0.618 e. The van der Waals surface area contributed by atoms with Gasteiger partial charge in [0.05, 0.1) is 12.8 Å². The highest BCUT2D eigenvalue weighted by atomic mass is 19.4. The zero-order chi connectivity index (χ0) is 25.6. The van der Waals surface area contributed by atoms with E-state index in [1.807, 2.05) is 0 Å². The molecule has 4 atom stereocenters. The first-order chi connectivity index (χ1) is 15.7. The molecule has 13 heteroatoms. The first kappa shape index (κ1) is 25.1. The van der Waals surface area contributed by atoms with Crippen LogP contribution in [-0.2, 0) is 9.53 Å². The van der Waals surface area contributed by atoms with Crippen LogP contribution in [0.15, 0.2) is 30.5 Å². The normalized spacial score (nSPS) is 24.6. The Morgan fingerprint density at radius 2 is 1.91 bits per heavy atom. The molecule has 1 saturated heterocycles. The van der Waals surface area contributed by atoms with Crippen molar-refractivity contribution < 1.29 is 45.7 Å². The van der Waals surface area contributed by atoms with Gasteiger partial charge in [0, 0.05) is 29.5 Å². The van der Waals surface area contributed by atoms with Crippen molar-refractivity contribution in [3.8, 4) is 5.75 Å². The Hall–Kier alpha value is -3.48. The van der Waals surface area contributed by atoms with Gasteiger partial charge in [-0.15, -0.1) is 0 Å². The summed E-state index contributed by atoms with van der Waals surface area (Å²) < 4.78 is 80.2. The smallest absolute Gasteiger partial charge is 0.417 e. The molecule has 1 aliphatic rings. The molecule has 3 N–H and O–H groups in total. The maximum absolute atomic E-state index is 14.4. The average molecular weight is 489 g/mol. The minimum atomic E-state index is -4.93. The number of alkyl halides is 3. The lowest BCUT2D eigenvalue weighted by Gasteiger charge is -2.32. The second-order valence-electron chi connectivity index (χ2n) is 7.92. The molecule has 0 spiro atoms. The van der Waals surface area contributed by atoms with Crippen molar-refractivity contribution in [1.82, 2.24) is 0 Å². The number of rotatable bonds is 5. The molecule has 3 rings (SSSR count). The molecule has 0 saturated carbocycles. The van der Waals surface area contributed by atoms with E-state index in [4.69, 9.17) is 15.2 Å². The maximum atomic E-state index is 14.4. The van der Waals surface area contributed by atoms with E-state index in [0.717, 1.165) is 38.4 Å². The van der Waals surface area contributed by atoms with Gasteiger partial charge in [-0.05, 0) is 13.0 Å². The summed E-state index contributed by atoms with van der Waals surface area (Å²) in [4.78, 5) is 24.4. The summed E-state index contributed by atoms with van der Waals surface area (Å²) in [5.74, 6) is -8.43. The minimum absolute atomic E-state index is 0.126. The summed E-state index contributed by atoms with van der Waals surface area (Å²) in [6.45, 7) is 1.92. The lowest BCUT2D eigenvalue weighted by Crippen LogP contribution is -2.47. The molecule has 34 heavy (non-hydrogen) atoms. The van der Waals surface area contributed by atoms with Crippen molar-refractivity contribution in [2.24, 2.45) is 11.7 Å². The third-order valence-corrected chi connectivity index (χ3v) is 6.01. The van der Waals surface area contributed by atoms with E-state index < -0.39 is 64.6 Å². The number of carbonyl (C=O) groups is 2. The van der Waals surface area contributed by atoms with Gasteiger partial charge in [-0.3, -0.25) is 9.59 Å². The predicted molar refractivity (Wildman–Crippen MR) is 107 cm³/mol. The lowest BCUT2D eigenvalue weighted by atomic mass is 9.77. The molecule has 0 bridgehead atoms. The SMILES string of the molecule is COc1c(C2C(C(=O)Nc3cc[n+]([O-])c(C(N)=O)c3)OC(C)(C(F)(F)F)C2C)ccc(F)c1F. The Balaban J connectivity index is 2.08. The largest absolute Gasteiger partial charge is 0.618 e. The summed E-state index contributed by atoms with van der Waals surface area (Å²) in [6.07, 6.45) is -5.90. The molecule has 1 fully saturated rings. The van der Waals surface area contributed by atoms with E-state index in [1.165, 1.54) is 6.92 Å². The molecular weight excluding hydrogens is 469 g/mol. The summed E-state index contributed by atoms with van der Waals surface area (Å²) >= 11 is 0. The molecule has 1 aromatic carbocycles. The Bertz CT molecular complexity index is 1140. The van der Waals surface area contributed by atoms with Gasteiger partial charge in [0.1, 0.15) is 6.10 Å². The van der Waals surface area contributed by atoms with Crippen LogP contribution in [0.4, 0.5) is 27.6 Å². The number of methoxy groups -OCH3 is 1. The number of benzene rings is 1. The Kier molecular flexibility index (Phi) is 6.44. The highest BCUT2D eigenvalue weighted by Crippen LogP contribution is 2.55. The van der Waals surface area contributed by atoms with Crippen molar-refractivity contribution in [3.05, 3.63) is 58.6 Å². The van der Waals surface area contributed by atoms with Crippen LogP contribution in [0.5, 0.6) is 5.75 Å². The highest BCUT2D eigenvalue weighted by Gasteiger charge is 2.65. The number of amides is 2. The number of pyridine rings is 1. The molecule has 2 heterocycles. The van der Waals surface area contributed by atoms with E-state index in [0.29, 0.717) is 6.07 Å². The Labute approximate surface area is 190 Å². The van der Waals surface area contributed by atoms with Gasteiger partial charge in [0.25, 0.3) is 11.6 Å². The van der Waals surface area contributed by atoms with E-state index in [9.17, 15) is 36.7 Å². The van der Waals surface area contributed by atoms with Crippen molar-refractivity contribution in [2.75, 3.05) is 12.4 Å². The van der Waals surface area contributed by atoms with E-state index >= 15 is 0 Å². The number of aromatic nitrogens is 1. The van der Waals surface area contributed by atoms with Crippen molar-refractivity contribution in [1.29, 1.82) is 0 Å². The number of hydrogen-bond acceptors (Lipinski definition) is 5. The van der Waals surface area contributed by atoms with Crippen LogP contribution in [0.25, 0.3) is 0 Å². The third-order valence-electron chi connectivity index (χ3n) is 6.01. The van der Waals surface area contributed by atoms with Gasteiger partial charge in [-0.25, -0.2) is 4.39 Å². The molecule has 1 aliphatic heterocycles. The number of nitrogens with one attached hydrogen (secondary N) is 1. The number of nitrogens with two attached hydrogens (primary N) is 1. The van der Waals surface area contributed by atoms with E-state index in [1.54, 1.807) is 0 Å². The zero-order valence-corrected chi connectivity index (χ0v) is 18.1. The standard InChI is InChI=1S/C21H20F5N3O5/c1-9-14(11-4-5-12(22)15(23)16(11)33-3)17(34-20(9,2)21(24,25)26)19(31)28-10-6-7-29(32)13(8-10)18(27)30/h4-9,14,17H,1-3H3,(H2,27,30)(H,28,31). The number of hydrogen-bond donors (Lipinski definition) is 2. The molecule has 4 unspecified atom stereocenters. The Morgan fingerprint density at radius 3 is 2.47 bits per heavy atom. The summed E-state index contributed by atoms with van der Waals surface area (Å²) in [7, 11) is 1.01. The average Bonchev–Trinajstić information content (AvgIpc) is 3.03. The number of ether oxygens (including phenoxy) is 2. The van der Waals surface area contributed by atoms with Gasteiger partial charge < -0.3 is 25.7 Å². The number of halogens is 5. The number of carbonyl (C=O) groups excluding carboxylic acids is 2. The zero-order valence-electron chi connectivity index (χ0n) is 18.1. The summed E-state index contributed by atoms with van der Waals surface area (Å²) in [5.41, 5.74) is 1.40. The third kappa shape index (κ3) is 4.11. The fraction of sp³-hybridized carbons (Fsp3) is 0.381. The number of primary amides is 1. The molecule has 8 nitrogen and oxygen atoms in total. The lowest BCUT2D eigenvalue weighted by molar-refractivity contribution is -0.607. The van der Waals surface area contributed by atoms with E-state index in [-0.39, 0.29) is 16.0 Å². The topological polar surface area (TPSA) is 118 Å². The molecule has 0 radical (unpaired) electrons. The van der Waals surface area contributed by atoms with Crippen LogP contribution in [0.1, 0.15) is 35.8 Å². The molecule has 184 valence electrons. The molecule has 1 aromatic heterocycles. The molecule has 2 amide bonds. The van der Waals surface area contributed by atoms with Crippen molar-refractivity contribution >= 4 is 17.5 Å². The summed E-state index contributed by atoms with van der Waals surface area (Å²) in [5, 5.41) is 13.9. The Morgan fingerprint density at radius 1 is 1.26 bits per heavy atom. The fourth-order valence-corrected chi connectivity index (χ4v) is 4.00. The number of anilines is 1. The quantitative estimate of drug-likeness (QED) is 0.381. The van der Waals surface area contributed by atoms with Gasteiger partial charge in [-0.2, -0.15) is 22.3 Å². The highest BCUT2D eigenvalue weighted by molar-refractivity contribution is 5.97. The first-order valence-corrected chi connectivity index (χ1v) is 9.83. The molecule has 2 aromatic rings. The van der Waals surface area contributed by atoms with Gasteiger partial charge in [-0.1, -0.05) is 13.0 Å². The molecular formula is C21H20F5N3O5. The predicted octanol–water partition coefficient (Wildman–Crippen LogP) is 2.78. The van der Waals surface area contributed by atoms with Crippen LogP contribution < -0.4 is 20.5 Å². The second kappa shape index (κ2) is 8.70. The molecule has 0 aliphatic carbocycles. The number of nitrogens with zero attached hydrogens (tertiary/aromatic N) is 1. The van der Waals surface area contributed by atoms with Gasteiger partial charge in [0.2, 0.25) is 5.82 Å². The van der Waals surface area contributed by atoms with Crippen LogP contribution in [0.2, 0.25) is 0 Å². The second-order valence-corrected chi connectivity index (χ2v) is 7.92. The summed E-state index contributed by atoms with van der Waals surface area (Å²) in [6, 6.07) is 3.76. The van der Waals surface area contributed by atoms with Crippen molar-refractivity contribution in [3.63, 3.8) is 0 Å². The fourth-order valence-electron chi connectivity index (χ4n) is 4.00. The van der Waals surface area contributed by atoms with Crippen LogP contribution in [0, 0.1) is 22.8 Å². The van der Waals surface area contributed by atoms with E-state index in [2.05, 4.69) is 5.32 Å². The maximum Gasteiger partial charge on any atom is 0.417 e.